The topological polar surface area (TPSA) is 64.8 Å². The summed E-state index contributed by atoms with van der Waals surface area (Å²) in [6.07, 6.45) is 1.17. The number of nitrogens with zero attached hydrogens (tertiary/aromatic N) is 4. The molecule has 3 heterocycles. The molecule has 2 bridgehead atoms. The van der Waals surface area contributed by atoms with E-state index in [2.05, 4.69) is 31.2 Å². The van der Waals surface area contributed by atoms with E-state index < -0.39 is 11.9 Å². The molecule has 118 valence electrons. The van der Waals surface area contributed by atoms with Gasteiger partial charge in [-0.1, -0.05) is 0 Å². The van der Waals surface area contributed by atoms with Gasteiger partial charge < -0.3 is 10.2 Å². The molecule has 2 saturated heterocycles. The van der Waals surface area contributed by atoms with E-state index in [1.807, 2.05) is 11.0 Å². The van der Waals surface area contributed by atoms with Crippen LogP contribution in [0.4, 0.5) is 14.6 Å². The van der Waals surface area contributed by atoms with Crippen molar-refractivity contribution in [2.75, 3.05) is 18.0 Å². The van der Waals surface area contributed by atoms with Gasteiger partial charge in [0.2, 0.25) is 0 Å². The number of nitriles is 1. The Morgan fingerprint density at radius 3 is 2.61 bits per heavy atom. The number of benzene rings is 1. The maximum Gasteiger partial charge on any atom is 0.311 e. The van der Waals surface area contributed by atoms with E-state index in [-0.39, 0.29) is 15.6 Å². The third-order valence-electron chi connectivity index (χ3n) is 4.46. The van der Waals surface area contributed by atoms with Crippen LogP contribution in [0.2, 0.25) is 0 Å². The van der Waals surface area contributed by atoms with Crippen molar-refractivity contribution < 1.29 is 8.78 Å². The molecule has 2 aromatic rings. The van der Waals surface area contributed by atoms with Gasteiger partial charge in [-0.2, -0.15) is 19.6 Å². The fourth-order valence-corrected chi connectivity index (χ4v) is 3.84. The summed E-state index contributed by atoms with van der Waals surface area (Å²) in [5.41, 5.74) is 0.0359. The first-order chi connectivity index (χ1) is 11.1. The van der Waals surface area contributed by atoms with Gasteiger partial charge in [-0.15, -0.1) is 0 Å². The van der Waals surface area contributed by atoms with E-state index in [0.717, 1.165) is 12.8 Å². The van der Waals surface area contributed by atoms with Crippen molar-refractivity contribution in [1.82, 2.24) is 15.3 Å². The molecular weight excluding hydrogens is 368 g/mol. The lowest BCUT2D eigenvalue weighted by Gasteiger charge is -2.34. The lowest BCUT2D eigenvalue weighted by molar-refractivity contribution is 0.460. The van der Waals surface area contributed by atoms with Gasteiger partial charge in [-0.25, -0.2) is 4.39 Å². The second kappa shape index (κ2) is 5.35. The zero-order valence-corrected chi connectivity index (χ0v) is 13.6. The maximum atomic E-state index is 14.5. The van der Waals surface area contributed by atoms with Crippen LogP contribution >= 0.6 is 15.9 Å². The second-order valence-electron chi connectivity index (χ2n) is 5.92. The molecule has 5 nitrogen and oxygen atoms in total. The Hall–Kier alpha value is -1.85. The molecular formula is C15H12BrF2N5. The Labute approximate surface area is 139 Å². The highest BCUT2D eigenvalue weighted by molar-refractivity contribution is 9.10. The number of anilines is 1. The lowest BCUT2D eigenvalue weighted by Crippen LogP contribution is -2.51. The highest BCUT2D eigenvalue weighted by atomic mass is 79.9. The van der Waals surface area contributed by atoms with Crippen LogP contribution < -0.4 is 10.2 Å². The minimum Gasteiger partial charge on any atom is -0.353 e. The van der Waals surface area contributed by atoms with Gasteiger partial charge in [0.15, 0.2) is 5.82 Å². The summed E-state index contributed by atoms with van der Waals surface area (Å²) in [5, 5.41) is 13.0. The van der Waals surface area contributed by atoms with E-state index >= 15 is 0 Å². The summed E-state index contributed by atoms with van der Waals surface area (Å²) in [6, 6.07) is 4.11. The fourth-order valence-electron chi connectivity index (χ4n) is 3.45. The SMILES string of the molecule is N#Cc1cc2c(N3CC4CCC(C3)N4)nc(F)nc2c(F)c1Br. The van der Waals surface area contributed by atoms with Crippen molar-refractivity contribution in [3.05, 3.63) is 28.0 Å². The molecule has 1 aromatic heterocycles. The molecule has 2 atom stereocenters. The van der Waals surface area contributed by atoms with Gasteiger partial charge in [0.25, 0.3) is 0 Å². The first-order valence-corrected chi connectivity index (χ1v) is 8.12. The Kier molecular flexibility index (Phi) is 3.43. The van der Waals surface area contributed by atoms with E-state index in [4.69, 9.17) is 5.26 Å². The summed E-state index contributed by atoms with van der Waals surface area (Å²) in [7, 11) is 0. The standard InChI is InChI=1S/C15H12BrF2N5/c16-11-7(4-19)3-10-13(12(11)17)21-15(18)22-14(10)23-5-8-1-2-9(6-23)20-8/h3,8-9,20H,1-2,5-6H2. The molecule has 2 fully saturated rings. The van der Waals surface area contributed by atoms with Crippen LogP contribution in [0.3, 0.4) is 0 Å². The number of hydrogen-bond acceptors (Lipinski definition) is 5. The molecule has 4 rings (SSSR count). The van der Waals surface area contributed by atoms with Gasteiger partial charge >= 0.3 is 6.08 Å². The first-order valence-electron chi connectivity index (χ1n) is 7.33. The average Bonchev–Trinajstić information content (AvgIpc) is 2.88. The number of rotatable bonds is 1. The molecule has 0 aliphatic carbocycles. The van der Waals surface area contributed by atoms with Crippen molar-refractivity contribution in [3.63, 3.8) is 0 Å². The molecule has 0 spiro atoms. The molecule has 23 heavy (non-hydrogen) atoms. The Morgan fingerprint density at radius 2 is 1.96 bits per heavy atom. The van der Waals surface area contributed by atoms with Crippen molar-refractivity contribution >= 4 is 32.7 Å². The molecule has 0 radical (unpaired) electrons. The number of hydrogen-bond donors (Lipinski definition) is 1. The lowest BCUT2D eigenvalue weighted by atomic mass is 10.1. The minimum absolute atomic E-state index is 0.00284. The summed E-state index contributed by atoms with van der Waals surface area (Å²) in [4.78, 5) is 9.44. The normalized spacial score (nSPS) is 23.3. The zero-order chi connectivity index (χ0) is 16.1. The van der Waals surface area contributed by atoms with Crippen LogP contribution in [-0.2, 0) is 0 Å². The summed E-state index contributed by atoms with van der Waals surface area (Å²) in [6.45, 7) is 1.36. The van der Waals surface area contributed by atoms with Crippen LogP contribution in [0.5, 0.6) is 0 Å². The smallest absolute Gasteiger partial charge is 0.311 e. The monoisotopic (exact) mass is 379 g/mol. The van der Waals surface area contributed by atoms with Crippen molar-refractivity contribution in [2.45, 2.75) is 24.9 Å². The first kappa shape index (κ1) is 14.7. The van der Waals surface area contributed by atoms with Crippen molar-refractivity contribution in [2.24, 2.45) is 0 Å². The van der Waals surface area contributed by atoms with E-state index in [0.29, 0.717) is 36.4 Å². The molecule has 8 heteroatoms. The maximum absolute atomic E-state index is 14.5. The molecule has 2 aliphatic rings. The third kappa shape index (κ3) is 2.35. The number of halogens is 3. The van der Waals surface area contributed by atoms with Gasteiger partial charge in [-0.3, -0.25) is 0 Å². The molecule has 0 amide bonds. The molecule has 2 unspecified atom stereocenters. The highest BCUT2D eigenvalue weighted by Crippen LogP contribution is 2.34. The molecule has 1 N–H and O–H groups in total. The number of nitrogens with one attached hydrogen (secondary N) is 1. The second-order valence-corrected chi connectivity index (χ2v) is 6.71. The Balaban J connectivity index is 1.92. The largest absolute Gasteiger partial charge is 0.353 e. The van der Waals surface area contributed by atoms with Crippen LogP contribution in [0, 0.1) is 23.2 Å². The molecule has 2 aliphatic heterocycles. The third-order valence-corrected chi connectivity index (χ3v) is 5.24. The fraction of sp³-hybridized carbons (Fsp3) is 0.400. The highest BCUT2D eigenvalue weighted by Gasteiger charge is 2.34. The van der Waals surface area contributed by atoms with Crippen LogP contribution in [0.15, 0.2) is 10.5 Å². The van der Waals surface area contributed by atoms with Gasteiger partial charge in [0.1, 0.15) is 17.4 Å². The average molecular weight is 380 g/mol. The van der Waals surface area contributed by atoms with Gasteiger partial charge in [0, 0.05) is 30.6 Å². The number of piperazine rings is 1. The minimum atomic E-state index is -0.964. The summed E-state index contributed by atoms with van der Waals surface area (Å²) in [5.74, 6) is -0.381. The predicted octanol–water partition coefficient (Wildman–Crippen LogP) is 2.48. The number of aromatic nitrogens is 2. The van der Waals surface area contributed by atoms with Crippen molar-refractivity contribution in [1.29, 1.82) is 5.26 Å². The van der Waals surface area contributed by atoms with E-state index in [1.54, 1.807) is 0 Å². The Bertz CT molecular complexity index is 838. The van der Waals surface area contributed by atoms with Gasteiger partial charge in [-0.05, 0) is 34.8 Å². The summed E-state index contributed by atoms with van der Waals surface area (Å²) < 4.78 is 28.3. The Morgan fingerprint density at radius 1 is 1.26 bits per heavy atom. The van der Waals surface area contributed by atoms with Crippen LogP contribution in [0.1, 0.15) is 18.4 Å². The predicted molar refractivity (Wildman–Crippen MR) is 84.0 cm³/mol. The van der Waals surface area contributed by atoms with Crippen LogP contribution in [-0.4, -0.2) is 35.1 Å². The van der Waals surface area contributed by atoms with Crippen molar-refractivity contribution in [3.8, 4) is 6.07 Å². The summed E-state index contributed by atoms with van der Waals surface area (Å²) >= 11 is 3.03. The molecule has 0 saturated carbocycles. The molecule has 1 aromatic carbocycles. The van der Waals surface area contributed by atoms with Gasteiger partial charge in [0.05, 0.1) is 10.0 Å². The van der Waals surface area contributed by atoms with Crippen LogP contribution in [0.25, 0.3) is 10.9 Å². The zero-order valence-electron chi connectivity index (χ0n) is 12.0. The number of fused-ring (bicyclic) bond motifs is 3. The quantitative estimate of drug-likeness (QED) is 0.771. The van der Waals surface area contributed by atoms with E-state index in [1.165, 1.54) is 6.07 Å². The van der Waals surface area contributed by atoms with E-state index in [9.17, 15) is 8.78 Å².